The summed E-state index contributed by atoms with van der Waals surface area (Å²) in [6.07, 6.45) is 2.27. The highest BCUT2D eigenvalue weighted by Gasteiger charge is 2.16. The van der Waals surface area contributed by atoms with Gasteiger partial charge in [0.25, 0.3) is 0 Å². The zero-order chi connectivity index (χ0) is 14.0. The van der Waals surface area contributed by atoms with E-state index in [4.69, 9.17) is 4.74 Å². The fourth-order valence-corrected chi connectivity index (χ4v) is 1.74. The van der Waals surface area contributed by atoms with Crippen LogP contribution in [0.3, 0.4) is 0 Å². The lowest BCUT2D eigenvalue weighted by molar-refractivity contribution is 0.111. The van der Waals surface area contributed by atoms with Gasteiger partial charge >= 0.3 is 0 Å². The van der Waals surface area contributed by atoms with Gasteiger partial charge in [0.2, 0.25) is 0 Å². The minimum atomic E-state index is -0.311. The Morgan fingerprint density at radius 2 is 2.16 bits per heavy atom. The number of rotatable bonds is 4. The Balaban J connectivity index is 2.31. The Morgan fingerprint density at radius 1 is 1.42 bits per heavy atom. The standard InChI is InChI=1S/C13H14N2O4/c1-8-11(17)5-12(18)10(6-16)13(8)19-7-9-3-4-15(2)14-9/h3-6,17-18H,7H2,1-2H3. The van der Waals surface area contributed by atoms with Gasteiger partial charge in [0.05, 0.1) is 11.3 Å². The molecular formula is C13H14N2O4. The molecule has 19 heavy (non-hydrogen) atoms. The fraction of sp³-hybridized carbons (Fsp3) is 0.231. The van der Waals surface area contributed by atoms with Gasteiger partial charge < -0.3 is 14.9 Å². The minimum absolute atomic E-state index is 0.0197. The van der Waals surface area contributed by atoms with E-state index in [1.54, 1.807) is 30.9 Å². The summed E-state index contributed by atoms with van der Waals surface area (Å²) >= 11 is 0. The topological polar surface area (TPSA) is 84.6 Å². The van der Waals surface area contributed by atoms with Crippen LogP contribution in [0.1, 0.15) is 21.6 Å². The van der Waals surface area contributed by atoms with E-state index in [-0.39, 0.29) is 29.4 Å². The molecule has 1 heterocycles. The second-order valence-electron chi connectivity index (χ2n) is 4.17. The third-order valence-corrected chi connectivity index (χ3v) is 2.77. The molecule has 1 aromatic carbocycles. The number of ether oxygens (including phenoxy) is 1. The van der Waals surface area contributed by atoms with Crippen LogP contribution in [-0.2, 0) is 13.7 Å². The first-order valence-electron chi connectivity index (χ1n) is 5.65. The van der Waals surface area contributed by atoms with Gasteiger partial charge in [0, 0.05) is 24.9 Å². The molecule has 0 aliphatic heterocycles. The first-order chi connectivity index (χ1) is 9.02. The van der Waals surface area contributed by atoms with Crippen molar-refractivity contribution in [2.45, 2.75) is 13.5 Å². The number of carbonyl (C=O) groups is 1. The molecule has 0 aliphatic rings. The third-order valence-electron chi connectivity index (χ3n) is 2.77. The highest BCUT2D eigenvalue weighted by Crippen LogP contribution is 2.36. The van der Waals surface area contributed by atoms with Gasteiger partial charge in [0.1, 0.15) is 23.9 Å². The number of hydrogen-bond acceptors (Lipinski definition) is 5. The van der Waals surface area contributed by atoms with Crippen molar-refractivity contribution in [2.24, 2.45) is 7.05 Å². The minimum Gasteiger partial charge on any atom is -0.507 e. The molecule has 0 fully saturated rings. The number of carbonyl (C=O) groups excluding carboxylic acids is 1. The van der Waals surface area contributed by atoms with Crippen molar-refractivity contribution in [1.29, 1.82) is 0 Å². The predicted octanol–water partition coefficient (Wildman–Crippen LogP) is 1.53. The zero-order valence-electron chi connectivity index (χ0n) is 10.6. The molecule has 0 spiro atoms. The molecule has 100 valence electrons. The first kappa shape index (κ1) is 12.9. The Kier molecular flexibility index (Phi) is 3.41. The molecule has 1 aromatic heterocycles. The smallest absolute Gasteiger partial charge is 0.157 e. The number of benzene rings is 1. The van der Waals surface area contributed by atoms with Crippen LogP contribution >= 0.6 is 0 Å². The average molecular weight is 262 g/mol. The second-order valence-corrected chi connectivity index (χ2v) is 4.17. The fourth-order valence-electron chi connectivity index (χ4n) is 1.74. The van der Waals surface area contributed by atoms with Crippen molar-refractivity contribution >= 4 is 6.29 Å². The quantitative estimate of drug-likeness (QED) is 0.816. The average Bonchev–Trinajstić information content (AvgIpc) is 2.78. The molecule has 0 amide bonds. The lowest BCUT2D eigenvalue weighted by atomic mass is 10.1. The van der Waals surface area contributed by atoms with E-state index in [2.05, 4.69) is 5.10 Å². The summed E-state index contributed by atoms with van der Waals surface area (Å²) in [5.41, 5.74) is 1.10. The van der Waals surface area contributed by atoms with E-state index in [9.17, 15) is 15.0 Å². The van der Waals surface area contributed by atoms with Gasteiger partial charge in [-0.15, -0.1) is 0 Å². The largest absolute Gasteiger partial charge is 0.507 e. The Morgan fingerprint density at radius 3 is 2.74 bits per heavy atom. The van der Waals surface area contributed by atoms with Crippen LogP contribution in [0.2, 0.25) is 0 Å². The molecule has 0 saturated carbocycles. The second kappa shape index (κ2) is 5.01. The summed E-state index contributed by atoms with van der Waals surface area (Å²) in [6.45, 7) is 1.75. The maximum atomic E-state index is 11.0. The summed E-state index contributed by atoms with van der Waals surface area (Å²) in [5.74, 6) is -0.272. The van der Waals surface area contributed by atoms with E-state index in [0.717, 1.165) is 6.07 Å². The van der Waals surface area contributed by atoms with Crippen LogP contribution in [0.15, 0.2) is 18.3 Å². The molecule has 2 aromatic rings. The lowest BCUT2D eigenvalue weighted by Gasteiger charge is -2.12. The van der Waals surface area contributed by atoms with Gasteiger partial charge in [-0.2, -0.15) is 5.10 Å². The van der Waals surface area contributed by atoms with Crippen LogP contribution in [0, 0.1) is 6.92 Å². The highest BCUT2D eigenvalue weighted by atomic mass is 16.5. The molecule has 0 bridgehead atoms. The van der Waals surface area contributed by atoms with E-state index in [1.807, 2.05) is 0 Å². The Labute approximate surface area is 109 Å². The van der Waals surface area contributed by atoms with Crippen LogP contribution in [0.4, 0.5) is 0 Å². The molecular weight excluding hydrogens is 248 g/mol. The SMILES string of the molecule is Cc1c(O)cc(O)c(C=O)c1OCc1ccn(C)n1. The van der Waals surface area contributed by atoms with Crippen molar-refractivity contribution in [1.82, 2.24) is 9.78 Å². The van der Waals surface area contributed by atoms with Crippen LogP contribution < -0.4 is 4.74 Å². The van der Waals surface area contributed by atoms with Crippen molar-refractivity contribution in [2.75, 3.05) is 0 Å². The Hall–Kier alpha value is -2.50. The normalized spacial score (nSPS) is 10.4. The van der Waals surface area contributed by atoms with Gasteiger partial charge in [-0.25, -0.2) is 0 Å². The van der Waals surface area contributed by atoms with E-state index in [1.165, 1.54) is 0 Å². The predicted molar refractivity (Wildman–Crippen MR) is 67.4 cm³/mol. The summed E-state index contributed by atoms with van der Waals surface area (Å²) in [6, 6.07) is 2.89. The molecule has 0 unspecified atom stereocenters. The zero-order valence-corrected chi connectivity index (χ0v) is 10.6. The van der Waals surface area contributed by atoms with Gasteiger partial charge in [-0.1, -0.05) is 0 Å². The molecule has 6 heteroatoms. The Bertz CT molecular complexity index is 619. The van der Waals surface area contributed by atoms with E-state index < -0.39 is 0 Å². The van der Waals surface area contributed by atoms with Gasteiger partial charge in [-0.3, -0.25) is 9.48 Å². The molecule has 0 aliphatic carbocycles. The van der Waals surface area contributed by atoms with Crippen molar-refractivity contribution in [3.63, 3.8) is 0 Å². The van der Waals surface area contributed by atoms with Crippen LogP contribution in [0.25, 0.3) is 0 Å². The van der Waals surface area contributed by atoms with Crippen molar-refractivity contribution in [3.05, 3.63) is 35.2 Å². The number of hydrogen-bond donors (Lipinski definition) is 2. The third kappa shape index (κ3) is 2.52. The van der Waals surface area contributed by atoms with Gasteiger partial charge in [0.15, 0.2) is 6.29 Å². The van der Waals surface area contributed by atoms with Crippen LogP contribution in [-0.4, -0.2) is 26.3 Å². The number of aromatic nitrogens is 2. The van der Waals surface area contributed by atoms with Crippen LogP contribution in [0.5, 0.6) is 17.2 Å². The van der Waals surface area contributed by atoms with Gasteiger partial charge in [-0.05, 0) is 13.0 Å². The first-order valence-corrected chi connectivity index (χ1v) is 5.65. The number of aldehydes is 1. The maximum absolute atomic E-state index is 11.0. The van der Waals surface area contributed by atoms with Crippen molar-refractivity contribution in [3.8, 4) is 17.2 Å². The summed E-state index contributed by atoms with van der Waals surface area (Å²) in [5, 5.41) is 23.4. The number of aryl methyl sites for hydroxylation is 1. The highest BCUT2D eigenvalue weighted by molar-refractivity contribution is 5.85. The molecule has 0 saturated heterocycles. The molecule has 2 N–H and O–H groups in total. The van der Waals surface area contributed by atoms with E-state index in [0.29, 0.717) is 17.5 Å². The number of nitrogens with zero attached hydrogens (tertiary/aromatic N) is 2. The lowest BCUT2D eigenvalue weighted by Crippen LogP contribution is -2.02. The molecule has 0 atom stereocenters. The number of phenolic OH excluding ortho intramolecular Hbond substituents is 2. The summed E-state index contributed by atoms with van der Waals surface area (Å²) in [4.78, 5) is 11.0. The number of phenols is 2. The maximum Gasteiger partial charge on any atom is 0.157 e. The summed E-state index contributed by atoms with van der Waals surface area (Å²) < 4.78 is 7.12. The van der Waals surface area contributed by atoms with E-state index >= 15 is 0 Å². The summed E-state index contributed by atoms with van der Waals surface area (Å²) in [7, 11) is 1.78. The molecule has 2 rings (SSSR count). The number of aromatic hydroxyl groups is 2. The van der Waals surface area contributed by atoms with Crippen molar-refractivity contribution < 1.29 is 19.7 Å². The molecule has 6 nitrogen and oxygen atoms in total. The molecule has 0 radical (unpaired) electrons. The monoisotopic (exact) mass is 262 g/mol.